The Morgan fingerprint density at radius 3 is 2.88 bits per heavy atom. The first-order valence-electron chi connectivity index (χ1n) is 4.38. The molecule has 0 unspecified atom stereocenters. The molecule has 0 radical (unpaired) electrons. The zero-order valence-electron chi connectivity index (χ0n) is 8.08. The maximum absolute atomic E-state index is 10.5. The van der Waals surface area contributed by atoms with Gasteiger partial charge in [0.25, 0.3) is 5.69 Å². The molecule has 0 saturated heterocycles. The lowest BCUT2D eigenvalue weighted by Gasteiger charge is -2.02. The van der Waals surface area contributed by atoms with Crippen LogP contribution in [0.5, 0.6) is 0 Å². The van der Waals surface area contributed by atoms with Crippen molar-refractivity contribution in [2.24, 2.45) is 0 Å². The van der Waals surface area contributed by atoms with Gasteiger partial charge in [0.2, 0.25) is 0 Å². The number of H-pyrrole nitrogens is 1. The number of nitro benzene ring substituents is 1. The molecule has 1 aromatic carbocycles. The Kier molecular flexibility index (Phi) is 2.78. The Morgan fingerprint density at radius 1 is 1.50 bits per heavy atom. The van der Waals surface area contributed by atoms with E-state index in [1.165, 1.54) is 23.9 Å². The summed E-state index contributed by atoms with van der Waals surface area (Å²) in [6, 6.07) is 4.37. The van der Waals surface area contributed by atoms with E-state index < -0.39 is 4.92 Å². The van der Waals surface area contributed by atoms with Gasteiger partial charge < -0.3 is 10.7 Å². The number of non-ortho nitro benzene ring substituents is 1. The van der Waals surface area contributed by atoms with Crippen LogP contribution in [0.25, 0.3) is 0 Å². The highest BCUT2D eigenvalue weighted by Gasteiger charge is 2.10. The molecule has 7 heteroatoms. The van der Waals surface area contributed by atoms with Crippen LogP contribution in [0.15, 0.2) is 40.6 Å². The van der Waals surface area contributed by atoms with Crippen molar-refractivity contribution in [1.29, 1.82) is 0 Å². The van der Waals surface area contributed by atoms with Gasteiger partial charge in [0, 0.05) is 29.4 Å². The fraction of sp³-hybridized carbons (Fsp3) is 0. The second kappa shape index (κ2) is 4.23. The number of nitrogens with zero attached hydrogens (tertiary/aromatic N) is 2. The van der Waals surface area contributed by atoms with Crippen molar-refractivity contribution in [1.82, 2.24) is 9.97 Å². The summed E-state index contributed by atoms with van der Waals surface area (Å²) in [4.78, 5) is 17.7. The zero-order chi connectivity index (χ0) is 11.5. The Labute approximate surface area is 95.0 Å². The predicted octanol–water partition coefficient (Wildman–Crippen LogP) is 2.05. The van der Waals surface area contributed by atoms with Crippen molar-refractivity contribution in [3.63, 3.8) is 0 Å². The summed E-state index contributed by atoms with van der Waals surface area (Å²) >= 11 is 1.33. The second-order valence-electron chi connectivity index (χ2n) is 2.98. The number of hydrogen-bond donors (Lipinski definition) is 2. The fourth-order valence-electron chi connectivity index (χ4n) is 1.15. The first-order chi connectivity index (χ1) is 7.66. The molecule has 82 valence electrons. The number of anilines is 1. The van der Waals surface area contributed by atoms with Gasteiger partial charge in [-0.05, 0) is 17.8 Å². The average Bonchev–Trinajstić information content (AvgIpc) is 2.73. The molecule has 2 rings (SSSR count). The molecule has 0 bridgehead atoms. The number of nitrogens with two attached hydrogens (primary N) is 1. The van der Waals surface area contributed by atoms with Crippen LogP contribution >= 0.6 is 11.8 Å². The standard InChI is InChI=1S/C9H8N4O2S/c10-7-5-6(13(14)15)1-2-8(7)16-9-11-3-4-12-9/h1-5H,10H2,(H,11,12). The molecular weight excluding hydrogens is 228 g/mol. The number of nitrogen functional groups attached to an aromatic ring is 1. The highest BCUT2D eigenvalue weighted by Crippen LogP contribution is 2.31. The quantitative estimate of drug-likeness (QED) is 0.483. The molecule has 0 aliphatic heterocycles. The van der Waals surface area contributed by atoms with Crippen LogP contribution in [0.4, 0.5) is 11.4 Å². The van der Waals surface area contributed by atoms with E-state index in [2.05, 4.69) is 9.97 Å². The van der Waals surface area contributed by atoms with Crippen LogP contribution in [0.1, 0.15) is 0 Å². The molecule has 0 amide bonds. The van der Waals surface area contributed by atoms with Crippen molar-refractivity contribution in [3.05, 3.63) is 40.7 Å². The van der Waals surface area contributed by atoms with E-state index in [0.717, 1.165) is 4.90 Å². The molecule has 0 fully saturated rings. The first-order valence-corrected chi connectivity index (χ1v) is 5.19. The van der Waals surface area contributed by atoms with Gasteiger partial charge in [-0.3, -0.25) is 10.1 Å². The monoisotopic (exact) mass is 236 g/mol. The molecule has 16 heavy (non-hydrogen) atoms. The number of rotatable bonds is 3. The molecule has 0 atom stereocenters. The molecule has 1 aromatic heterocycles. The normalized spacial score (nSPS) is 10.2. The molecule has 0 aliphatic rings. The van der Waals surface area contributed by atoms with Crippen LogP contribution in [0.2, 0.25) is 0 Å². The summed E-state index contributed by atoms with van der Waals surface area (Å²) in [6.07, 6.45) is 3.33. The van der Waals surface area contributed by atoms with Crippen molar-refractivity contribution in [3.8, 4) is 0 Å². The van der Waals surface area contributed by atoms with Gasteiger partial charge in [-0.1, -0.05) is 0 Å². The van der Waals surface area contributed by atoms with Gasteiger partial charge in [-0.2, -0.15) is 0 Å². The molecule has 1 heterocycles. The lowest BCUT2D eigenvalue weighted by atomic mass is 10.3. The van der Waals surface area contributed by atoms with Gasteiger partial charge in [0.15, 0.2) is 5.16 Å². The first kappa shape index (κ1) is 10.5. The Hall–Kier alpha value is -2.02. The number of hydrogen-bond acceptors (Lipinski definition) is 5. The van der Waals surface area contributed by atoms with Gasteiger partial charge in [-0.25, -0.2) is 4.98 Å². The topological polar surface area (TPSA) is 97.8 Å². The number of aromatic nitrogens is 2. The molecule has 0 aliphatic carbocycles. The third-order valence-corrected chi connectivity index (χ3v) is 2.89. The summed E-state index contributed by atoms with van der Waals surface area (Å²) < 4.78 is 0. The molecular formula is C9H8N4O2S. The third kappa shape index (κ3) is 2.14. The highest BCUT2D eigenvalue weighted by atomic mass is 32.2. The minimum Gasteiger partial charge on any atom is -0.398 e. The van der Waals surface area contributed by atoms with E-state index in [4.69, 9.17) is 5.73 Å². The van der Waals surface area contributed by atoms with Gasteiger partial charge >= 0.3 is 0 Å². The number of nitro groups is 1. The third-order valence-electron chi connectivity index (χ3n) is 1.88. The number of aromatic amines is 1. The number of imidazole rings is 1. The van der Waals surface area contributed by atoms with Crippen molar-refractivity contribution in [2.45, 2.75) is 10.1 Å². The Morgan fingerprint density at radius 2 is 2.31 bits per heavy atom. The van der Waals surface area contributed by atoms with Crippen LogP contribution in [-0.2, 0) is 0 Å². The molecule has 0 spiro atoms. The van der Waals surface area contributed by atoms with E-state index in [9.17, 15) is 10.1 Å². The van der Waals surface area contributed by atoms with E-state index >= 15 is 0 Å². The summed E-state index contributed by atoms with van der Waals surface area (Å²) in [6.45, 7) is 0. The maximum Gasteiger partial charge on any atom is 0.271 e. The fourth-order valence-corrected chi connectivity index (χ4v) is 1.91. The van der Waals surface area contributed by atoms with E-state index in [1.807, 2.05) is 0 Å². The summed E-state index contributed by atoms with van der Waals surface area (Å²) in [5, 5.41) is 11.2. The van der Waals surface area contributed by atoms with E-state index in [0.29, 0.717) is 10.8 Å². The van der Waals surface area contributed by atoms with Crippen LogP contribution in [-0.4, -0.2) is 14.9 Å². The maximum atomic E-state index is 10.5. The van der Waals surface area contributed by atoms with Crippen LogP contribution in [0.3, 0.4) is 0 Å². The van der Waals surface area contributed by atoms with Crippen molar-refractivity contribution < 1.29 is 4.92 Å². The zero-order valence-corrected chi connectivity index (χ0v) is 8.90. The Bertz CT molecular complexity index is 512. The van der Waals surface area contributed by atoms with Crippen LogP contribution < -0.4 is 5.73 Å². The lowest BCUT2D eigenvalue weighted by Crippen LogP contribution is -1.93. The summed E-state index contributed by atoms with van der Waals surface area (Å²) in [5.41, 5.74) is 6.07. The number of benzene rings is 1. The van der Waals surface area contributed by atoms with Crippen LogP contribution in [0, 0.1) is 10.1 Å². The largest absolute Gasteiger partial charge is 0.398 e. The second-order valence-corrected chi connectivity index (χ2v) is 4.01. The van der Waals surface area contributed by atoms with E-state index in [1.54, 1.807) is 18.5 Å². The van der Waals surface area contributed by atoms with Gasteiger partial charge in [0.1, 0.15) is 0 Å². The molecule has 6 nitrogen and oxygen atoms in total. The SMILES string of the molecule is Nc1cc([N+](=O)[O-])ccc1Sc1ncc[nH]1. The van der Waals surface area contributed by atoms with Gasteiger partial charge in [-0.15, -0.1) is 0 Å². The molecule has 3 N–H and O–H groups in total. The molecule has 2 aromatic rings. The minimum absolute atomic E-state index is 0.0127. The smallest absolute Gasteiger partial charge is 0.271 e. The highest BCUT2D eigenvalue weighted by molar-refractivity contribution is 7.99. The minimum atomic E-state index is -0.475. The molecule has 0 saturated carbocycles. The van der Waals surface area contributed by atoms with Crippen molar-refractivity contribution >= 4 is 23.1 Å². The van der Waals surface area contributed by atoms with Gasteiger partial charge in [0.05, 0.1) is 10.6 Å². The predicted molar refractivity (Wildman–Crippen MR) is 60.2 cm³/mol. The van der Waals surface area contributed by atoms with E-state index in [-0.39, 0.29) is 5.69 Å². The van der Waals surface area contributed by atoms with Crippen molar-refractivity contribution in [2.75, 3.05) is 5.73 Å². The number of nitrogens with one attached hydrogen (secondary N) is 1. The summed E-state index contributed by atoms with van der Waals surface area (Å²) in [7, 11) is 0. The Balaban J connectivity index is 2.26. The summed E-state index contributed by atoms with van der Waals surface area (Å²) in [5.74, 6) is 0. The lowest BCUT2D eigenvalue weighted by molar-refractivity contribution is -0.384. The average molecular weight is 236 g/mol.